The number of carbonyl (C=O) groups is 1. The fraction of sp³-hybridized carbons (Fsp3) is 0.500. The van der Waals surface area contributed by atoms with Crippen LogP contribution >= 0.6 is 12.6 Å². The summed E-state index contributed by atoms with van der Waals surface area (Å²) in [5.41, 5.74) is 0. The highest BCUT2D eigenvalue weighted by molar-refractivity contribution is 7.80. The minimum Gasteiger partial charge on any atom is -0.465 e. The molecule has 1 heterocycles. The largest absolute Gasteiger partial charge is 0.465 e. The van der Waals surface area contributed by atoms with Crippen LogP contribution < -0.4 is 5.32 Å². The predicted octanol–water partition coefficient (Wildman–Crippen LogP) is 0.0536. The van der Waals surface area contributed by atoms with Gasteiger partial charge in [0.1, 0.15) is 12.2 Å². The van der Waals surface area contributed by atoms with E-state index in [0.29, 0.717) is 5.82 Å². The van der Waals surface area contributed by atoms with Crippen molar-refractivity contribution in [1.29, 1.82) is 0 Å². The second-order valence-corrected chi connectivity index (χ2v) is 3.13. The summed E-state index contributed by atoms with van der Waals surface area (Å²) >= 11 is 4.18. The number of hydrogen-bond acceptors (Lipinski definition) is 4. The van der Waals surface area contributed by atoms with Crippen molar-refractivity contribution in [1.82, 2.24) is 20.1 Å². The number of nitrogens with zero attached hydrogens (tertiary/aromatic N) is 3. The molecule has 2 N–H and O–H groups in total. The van der Waals surface area contributed by atoms with Crippen LogP contribution in [0.25, 0.3) is 0 Å². The van der Waals surface area contributed by atoms with Gasteiger partial charge in [-0.15, -0.1) is 10.2 Å². The molecule has 0 aliphatic rings. The first-order valence-electron chi connectivity index (χ1n) is 3.60. The van der Waals surface area contributed by atoms with Crippen molar-refractivity contribution in [2.24, 2.45) is 7.05 Å². The Morgan fingerprint density at radius 3 is 3.08 bits per heavy atom. The van der Waals surface area contributed by atoms with E-state index in [4.69, 9.17) is 5.11 Å². The van der Waals surface area contributed by atoms with Gasteiger partial charge in [0.25, 0.3) is 0 Å². The molecule has 0 saturated heterocycles. The van der Waals surface area contributed by atoms with Gasteiger partial charge in [-0.3, -0.25) is 0 Å². The Kier molecular flexibility index (Phi) is 3.13. The van der Waals surface area contributed by atoms with Crippen molar-refractivity contribution >= 4 is 18.7 Å². The zero-order valence-corrected chi connectivity index (χ0v) is 7.90. The fourth-order valence-corrected chi connectivity index (χ4v) is 1.19. The van der Waals surface area contributed by atoms with Crippen molar-refractivity contribution in [3.05, 3.63) is 12.2 Å². The summed E-state index contributed by atoms with van der Waals surface area (Å²) in [6.45, 7) is 0.213. The zero-order chi connectivity index (χ0) is 9.84. The van der Waals surface area contributed by atoms with Crippen LogP contribution in [0.5, 0.6) is 0 Å². The van der Waals surface area contributed by atoms with E-state index < -0.39 is 6.09 Å². The highest BCUT2D eigenvalue weighted by Gasteiger charge is 2.12. The minimum atomic E-state index is -1.07. The van der Waals surface area contributed by atoms with E-state index in [2.05, 4.69) is 28.1 Å². The van der Waals surface area contributed by atoms with Crippen LogP contribution in [0.4, 0.5) is 4.79 Å². The number of amides is 1. The topological polar surface area (TPSA) is 80.0 Å². The first-order valence-corrected chi connectivity index (χ1v) is 4.11. The van der Waals surface area contributed by atoms with Crippen LogP contribution in [-0.2, 0) is 7.05 Å². The van der Waals surface area contributed by atoms with E-state index in [-0.39, 0.29) is 11.8 Å². The van der Waals surface area contributed by atoms with Gasteiger partial charge in [0.05, 0.1) is 5.25 Å². The standard InChI is InChI=1S/C6H10N4O2S/c1-10-3-8-9-5(10)4(13)2-7-6(11)12/h3-4,7,13H,2H2,1H3,(H,11,12). The quantitative estimate of drug-likeness (QED) is 0.605. The summed E-state index contributed by atoms with van der Waals surface area (Å²) in [7, 11) is 1.78. The van der Waals surface area contributed by atoms with Crippen LogP contribution in [0, 0.1) is 0 Å². The molecular weight excluding hydrogens is 192 g/mol. The lowest BCUT2D eigenvalue weighted by Gasteiger charge is -2.08. The average molecular weight is 202 g/mol. The number of rotatable bonds is 3. The monoisotopic (exact) mass is 202 g/mol. The molecule has 0 spiro atoms. The van der Waals surface area contributed by atoms with Gasteiger partial charge < -0.3 is 15.0 Å². The third kappa shape index (κ3) is 2.62. The molecule has 1 aromatic heterocycles. The number of carboxylic acid groups (broad SMARTS) is 1. The van der Waals surface area contributed by atoms with E-state index >= 15 is 0 Å². The van der Waals surface area contributed by atoms with Crippen LogP contribution in [0.3, 0.4) is 0 Å². The molecule has 0 fully saturated rings. The first kappa shape index (κ1) is 9.85. The van der Waals surface area contributed by atoms with Crippen molar-refractivity contribution in [3.8, 4) is 0 Å². The lowest BCUT2D eigenvalue weighted by Crippen LogP contribution is -2.25. The number of nitrogens with one attached hydrogen (secondary N) is 1. The van der Waals surface area contributed by atoms with E-state index in [9.17, 15) is 4.79 Å². The summed E-state index contributed by atoms with van der Waals surface area (Å²) in [5, 5.41) is 17.7. The van der Waals surface area contributed by atoms with Gasteiger partial charge in [0, 0.05) is 13.6 Å². The molecule has 0 aromatic carbocycles. The normalized spacial score (nSPS) is 12.5. The molecule has 1 rings (SSSR count). The summed E-state index contributed by atoms with van der Waals surface area (Å²) in [6.07, 6.45) is 0.473. The molecule has 6 nitrogen and oxygen atoms in total. The molecular formula is C6H10N4O2S. The number of hydrogen-bond donors (Lipinski definition) is 3. The Balaban J connectivity index is 2.53. The van der Waals surface area contributed by atoms with Gasteiger partial charge in [-0.25, -0.2) is 4.79 Å². The van der Waals surface area contributed by atoms with Gasteiger partial charge in [-0.05, 0) is 0 Å². The van der Waals surface area contributed by atoms with Gasteiger partial charge in [-0.1, -0.05) is 0 Å². The maximum atomic E-state index is 10.2. The minimum absolute atomic E-state index is 0.213. The Hall–Kier alpha value is -1.24. The van der Waals surface area contributed by atoms with Crippen LogP contribution in [0.15, 0.2) is 6.33 Å². The van der Waals surface area contributed by atoms with E-state index in [1.54, 1.807) is 17.9 Å². The number of aryl methyl sites for hydroxylation is 1. The molecule has 13 heavy (non-hydrogen) atoms. The van der Waals surface area contributed by atoms with Crippen LogP contribution in [0.1, 0.15) is 11.1 Å². The van der Waals surface area contributed by atoms with Crippen molar-refractivity contribution in [2.45, 2.75) is 5.25 Å². The Morgan fingerprint density at radius 1 is 1.92 bits per heavy atom. The summed E-state index contributed by atoms with van der Waals surface area (Å²) in [6, 6.07) is 0. The molecule has 1 aromatic rings. The fourth-order valence-electron chi connectivity index (χ4n) is 0.869. The highest BCUT2D eigenvalue weighted by Crippen LogP contribution is 2.14. The highest BCUT2D eigenvalue weighted by atomic mass is 32.1. The van der Waals surface area contributed by atoms with Gasteiger partial charge >= 0.3 is 6.09 Å². The molecule has 1 atom stereocenters. The van der Waals surface area contributed by atoms with Gasteiger partial charge in [-0.2, -0.15) is 12.6 Å². The molecule has 1 amide bonds. The second-order valence-electron chi connectivity index (χ2n) is 2.50. The molecule has 0 radical (unpaired) electrons. The van der Waals surface area contributed by atoms with Crippen LogP contribution in [0.2, 0.25) is 0 Å². The van der Waals surface area contributed by atoms with E-state index in [1.807, 2.05) is 0 Å². The lowest BCUT2D eigenvalue weighted by molar-refractivity contribution is 0.194. The Bertz CT molecular complexity index is 301. The van der Waals surface area contributed by atoms with E-state index in [0.717, 1.165) is 0 Å². The molecule has 0 saturated carbocycles. The summed E-state index contributed by atoms with van der Waals surface area (Å²) in [5.74, 6) is 0.636. The molecule has 72 valence electrons. The molecule has 0 aliphatic carbocycles. The number of aromatic nitrogens is 3. The predicted molar refractivity (Wildman–Crippen MR) is 48.8 cm³/mol. The Morgan fingerprint density at radius 2 is 2.62 bits per heavy atom. The molecule has 0 aliphatic heterocycles. The van der Waals surface area contributed by atoms with Gasteiger partial charge in [0.15, 0.2) is 0 Å². The maximum absolute atomic E-state index is 10.2. The number of thiol groups is 1. The smallest absolute Gasteiger partial charge is 0.404 e. The van der Waals surface area contributed by atoms with Crippen molar-refractivity contribution < 1.29 is 9.90 Å². The van der Waals surface area contributed by atoms with Gasteiger partial charge in [0.2, 0.25) is 0 Å². The third-order valence-electron chi connectivity index (χ3n) is 1.49. The molecule has 7 heteroatoms. The molecule has 1 unspecified atom stereocenters. The van der Waals surface area contributed by atoms with Crippen molar-refractivity contribution in [3.63, 3.8) is 0 Å². The van der Waals surface area contributed by atoms with Crippen molar-refractivity contribution in [2.75, 3.05) is 6.54 Å². The summed E-state index contributed by atoms with van der Waals surface area (Å²) < 4.78 is 1.70. The molecule has 0 bridgehead atoms. The first-order chi connectivity index (χ1) is 6.11. The average Bonchev–Trinajstić information content (AvgIpc) is 2.47. The second kappa shape index (κ2) is 4.13. The summed E-state index contributed by atoms with van der Waals surface area (Å²) in [4.78, 5) is 10.2. The SMILES string of the molecule is Cn1cnnc1C(S)CNC(=O)O. The lowest BCUT2D eigenvalue weighted by atomic mass is 10.4. The zero-order valence-electron chi connectivity index (χ0n) is 7.01. The van der Waals surface area contributed by atoms with Crippen LogP contribution in [-0.4, -0.2) is 32.5 Å². The third-order valence-corrected chi connectivity index (χ3v) is 1.90. The maximum Gasteiger partial charge on any atom is 0.404 e. The Labute approximate surface area is 80.4 Å². The van der Waals surface area contributed by atoms with E-state index in [1.165, 1.54) is 0 Å².